The number of amides is 2. The van der Waals surface area contributed by atoms with Crippen molar-refractivity contribution >= 4 is 23.2 Å². The van der Waals surface area contributed by atoms with E-state index < -0.39 is 5.91 Å². The maximum absolute atomic E-state index is 11.5. The highest BCUT2D eigenvalue weighted by Crippen LogP contribution is 2.29. The largest absolute Gasteiger partial charge is 0.399 e. The van der Waals surface area contributed by atoms with Gasteiger partial charge in [-0.05, 0) is 37.0 Å². The molecule has 2 rings (SSSR count). The van der Waals surface area contributed by atoms with Crippen LogP contribution in [-0.4, -0.2) is 24.9 Å². The van der Waals surface area contributed by atoms with E-state index in [0.29, 0.717) is 23.6 Å². The lowest BCUT2D eigenvalue weighted by atomic mass is 9.92. The van der Waals surface area contributed by atoms with Gasteiger partial charge in [0.05, 0.1) is 11.3 Å². The molecule has 1 heterocycles. The molecular formula is C14H20N4O2. The summed E-state index contributed by atoms with van der Waals surface area (Å²) < 4.78 is 0. The van der Waals surface area contributed by atoms with Gasteiger partial charge in [0.25, 0.3) is 5.91 Å². The Morgan fingerprint density at radius 1 is 1.20 bits per heavy atom. The standard InChI is InChI=1S/C14H20N4O2/c15-10-1-2-11(14(17)20)12(8-10)18-5-3-9(4-6-18)7-13(16)19/h1-2,8-9H,3-7,15H2,(H2,16,19)(H2,17,20). The van der Waals surface area contributed by atoms with Crippen molar-refractivity contribution in [3.8, 4) is 0 Å². The van der Waals surface area contributed by atoms with Crippen molar-refractivity contribution in [2.24, 2.45) is 17.4 Å². The topological polar surface area (TPSA) is 115 Å². The van der Waals surface area contributed by atoms with E-state index in [2.05, 4.69) is 4.90 Å². The van der Waals surface area contributed by atoms with Crippen LogP contribution in [0.4, 0.5) is 11.4 Å². The number of piperidine rings is 1. The van der Waals surface area contributed by atoms with Crippen molar-refractivity contribution in [1.29, 1.82) is 0 Å². The minimum atomic E-state index is -0.459. The average Bonchev–Trinajstić information content (AvgIpc) is 2.38. The van der Waals surface area contributed by atoms with E-state index in [-0.39, 0.29) is 5.91 Å². The van der Waals surface area contributed by atoms with E-state index in [1.54, 1.807) is 18.2 Å². The molecule has 20 heavy (non-hydrogen) atoms. The Bertz CT molecular complexity index is 522. The molecule has 6 N–H and O–H groups in total. The monoisotopic (exact) mass is 276 g/mol. The summed E-state index contributed by atoms with van der Waals surface area (Å²) in [5.41, 5.74) is 18.3. The van der Waals surface area contributed by atoms with Gasteiger partial charge in [0.15, 0.2) is 0 Å². The Labute approximate surface area is 117 Å². The fourth-order valence-corrected chi connectivity index (χ4v) is 2.68. The molecular weight excluding hydrogens is 256 g/mol. The maximum atomic E-state index is 11.5. The molecule has 108 valence electrons. The van der Waals surface area contributed by atoms with E-state index >= 15 is 0 Å². The van der Waals surface area contributed by atoms with Crippen LogP contribution in [0.25, 0.3) is 0 Å². The number of hydrogen-bond acceptors (Lipinski definition) is 4. The number of primary amides is 2. The number of carbonyl (C=O) groups is 2. The Morgan fingerprint density at radius 3 is 2.40 bits per heavy atom. The molecule has 0 bridgehead atoms. The lowest BCUT2D eigenvalue weighted by Crippen LogP contribution is -2.36. The van der Waals surface area contributed by atoms with Crippen LogP contribution in [0.1, 0.15) is 29.6 Å². The first-order valence-corrected chi connectivity index (χ1v) is 6.70. The van der Waals surface area contributed by atoms with Gasteiger partial charge in [0.2, 0.25) is 5.91 Å². The normalized spacial score (nSPS) is 16.1. The number of nitrogens with two attached hydrogens (primary N) is 3. The second kappa shape index (κ2) is 5.81. The minimum absolute atomic E-state index is 0.259. The maximum Gasteiger partial charge on any atom is 0.250 e. The van der Waals surface area contributed by atoms with Gasteiger partial charge in [-0.2, -0.15) is 0 Å². The molecule has 0 saturated carbocycles. The summed E-state index contributed by atoms with van der Waals surface area (Å²) in [7, 11) is 0. The Hall–Kier alpha value is -2.24. The molecule has 1 aliphatic rings. The summed E-state index contributed by atoms with van der Waals surface area (Å²) in [6.07, 6.45) is 2.17. The van der Waals surface area contributed by atoms with Gasteiger partial charge in [-0.1, -0.05) is 0 Å². The van der Waals surface area contributed by atoms with E-state index in [9.17, 15) is 9.59 Å². The van der Waals surface area contributed by atoms with Crippen LogP contribution in [0, 0.1) is 5.92 Å². The first-order valence-electron chi connectivity index (χ1n) is 6.70. The molecule has 1 saturated heterocycles. The molecule has 1 aliphatic heterocycles. The summed E-state index contributed by atoms with van der Waals surface area (Å²) in [6.45, 7) is 1.53. The number of anilines is 2. The molecule has 0 aliphatic carbocycles. The van der Waals surface area contributed by atoms with Gasteiger partial charge in [0.1, 0.15) is 0 Å². The van der Waals surface area contributed by atoms with Crippen molar-refractivity contribution in [3.05, 3.63) is 23.8 Å². The van der Waals surface area contributed by atoms with Gasteiger partial charge >= 0.3 is 0 Å². The third-order valence-electron chi connectivity index (χ3n) is 3.73. The highest BCUT2D eigenvalue weighted by Gasteiger charge is 2.23. The molecule has 1 fully saturated rings. The van der Waals surface area contributed by atoms with Gasteiger partial charge < -0.3 is 22.1 Å². The number of nitrogen functional groups attached to an aromatic ring is 1. The summed E-state index contributed by atoms with van der Waals surface area (Å²) in [5, 5.41) is 0. The Balaban J connectivity index is 2.12. The van der Waals surface area contributed by atoms with E-state index in [1.807, 2.05) is 0 Å². The first-order chi connectivity index (χ1) is 9.47. The number of rotatable bonds is 4. The predicted molar refractivity (Wildman–Crippen MR) is 78.1 cm³/mol. The van der Waals surface area contributed by atoms with Crippen molar-refractivity contribution in [2.45, 2.75) is 19.3 Å². The van der Waals surface area contributed by atoms with Crippen LogP contribution < -0.4 is 22.1 Å². The van der Waals surface area contributed by atoms with Crippen LogP contribution in [0.5, 0.6) is 0 Å². The summed E-state index contributed by atoms with van der Waals surface area (Å²) >= 11 is 0. The Morgan fingerprint density at radius 2 is 1.85 bits per heavy atom. The molecule has 0 spiro atoms. The fraction of sp³-hybridized carbons (Fsp3) is 0.429. The third kappa shape index (κ3) is 3.20. The highest BCUT2D eigenvalue weighted by atomic mass is 16.1. The van der Waals surface area contributed by atoms with Crippen molar-refractivity contribution in [2.75, 3.05) is 23.7 Å². The van der Waals surface area contributed by atoms with Gasteiger partial charge in [0, 0.05) is 25.2 Å². The summed E-state index contributed by atoms with van der Waals surface area (Å²) in [6, 6.07) is 5.10. The Kier molecular flexibility index (Phi) is 4.12. The number of carbonyl (C=O) groups excluding carboxylic acids is 2. The lowest BCUT2D eigenvalue weighted by Gasteiger charge is -2.34. The zero-order valence-electron chi connectivity index (χ0n) is 11.3. The number of hydrogen-bond donors (Lipinski definition) is 3. The lowest BCUT2D eigenvalue weighted by molar-refractivity contribution is -0.119. The number of nitrogens with zero attached hydrogens (tertiary/aromatic N) is 1. The van der Waals surface area contributed by atoms with Crippen molar-refractivity contribution in [1.82, 2.24) is 0 Å². The average molecular weight is 276 g/mol. The molecule has 6 nitrogen and oxygen atoms in total. The fourth-order valence-electron chi connectivity index (χ4n) is 2.68. The summed E-state index contributed by atoms with van der Waals surface area (Å²) in [4.78, 5) is 24.5. The van der Waals surface area contributed by atoms with Crippen molar-refractivity contribution < 1.29 is 9.59 Å². The molecule has 0 atom stereocenters. The van der Waals surface area contributed by atoms with Crippen LogP contribution in [-0.2, 0) is 4.79 Å². The molecule has 0 aromatic heterocycles. The van der Waals surface area contributed by atoms with E-state index in [4.69, 9.17) is 17.2 Å². The van der Waals surface area contributed by atoms with E-state index in [0.717, 1.165) is 31.6 Å². The quantitative estimate of drug-likeness (QED) is 0.693. The minimum Gasteiger partial charge on any atom is -0.399 e. The third-order valence-corrected chi connectivity index (χ3v) is 3.73. The molecule has 6 heteroatoms. The molecule has 0 radical (unpaired) electrons. The molecule has 1 aromatic carbocycles. The van der Waals surface area contributed by atoms with E-state index in [1.165, 1.54) is 0 Å². The second-order valence-corrected chi connectivity index (χ2v) is 5.24. The molecule has 1 aromatic rings. The predicted octanol–water partition coefficient (Wildman–Crippen LogP) is 0.459. The van der Waals surface area contributed by atoms with Crippen LogP contribution >= 0.6 is 0 Å². The van der Waals surface area contributed by atoms with Crippen molar-refractivity contribution in [3.63, 3.8) is 0 Å². The smallest absolute Gasteiger partial charge is 0.250 e. The SMILES string of the molecule is NC(=O)CC1CCN(c2cc(N)ccc2C(N)=O)CC1. The highest BCUT2D eigenvalue weighted by molar-refractivity contribution is 5.99. The number of benzene rings is 1. The first kappa shape index (κ1) is 14.2. The van der Waals surface area contributed by atoms with Gasteiger partial charge in [-0.3, -0.25) is 9.59 Å². The molecule has 0 unspecified atom stereocenters. The van der Waals surface area contributed by atoms with Gasteiger partial charge in [-0.25, -0.2) is 0 Å². The zero-order chi connectivity index (χ0) is 14.7. The summed E-state index contributed by atoms with van der Waals surface area (Å²) in [5.74, 6) is -0.397. The van der Waals surface area contributed by atoms with Gasteiger partial charge in [-0.15, -0.1) is 0 Å². The molecule has 2 amide bonds. The van der Waals surface area contributed by atoms with Crippen LogP contribution in [0.2, 0.25) is 0 Å². The van der Waals surface area contributed by atoms with Crippen LogP contribution in [0.3, 0.4) is 0 Å². The second-order valence-electron chi connectivity index (χ2n) is 5.24. The zero-order valence-corrected chi connectivity index (χ0v) is 11.3. The van der Waals surface area contributed by atoms with Crippen LogP contribution in [0.15, 0.2) is 18.2 Å².